The van der Waals surface area contributed by atoms with Gasteiger partial charge in [-0.15, -0.1) is 0 Å². The first-order valence-electron chi connectivity index (χ1n) is 5.13. The van der Waals surface area contributed by atoms with Gasteiger partial charge in [0.15, 0.2) is 0 Å². The van der Waals surface area contributed by atoms with Crippen molar-refractivity contribution in [1.29, 1.82) is 0 Å². The molecule has 0 unspecified atom stereocenters. The molecule has 18 heavy (non-hydrogen) atoms. The van der Waals surface area contributed by atoms with Gasteiger partial charge >= 0.3 is 0 Å². The van der Waals surface area contributed by atoms with Crippen LogP contribution in [-0.4, -0.2) is 34.3 Å². The number of nitrogens with zero attached hydrogens (tertiary/aromatic N) is 3. The SMILES string of the molecule is O=C(NCCO)c1c(-c2cccnc2)no[n+]1[O-]. The minimum atomic E-state index is -0.667. The molecule has 94 valence electrons. The van der Waals surface area contributed by atoms with Crippen molar-refractivity contribution in [3.05, 3.63) is 35.4 Å². The highest BCUT2D eigenvalue weighted by atomic mass is 16.8. The molecule has 0 aliphatic heterocycles. The van der Waals surface area contributed by atoms with E-state index in [2.05, 4.69) is 20.1 Å². The number of hydrogen-bond donors (Lipinski definition) is 2. The number of carbonyl (C=O) groups excluding carboxylic acids is 1. The summed E-state index contributed by atoms with van der Waals surface area (Å²) in [6.07, 6.45) is 3.01. The van der Waals surface area contributed by atoms with Crippen LogP contribution in [0.5, 0.6) is 0 Å². The van der Waals surface area contributed by atoms with Crippen molar-refractivity contribution in [3.63, 3.8) is 0 Å². The molecule has 0 aliphatic rings. The summed E-state index contributed by atoms with van der Waals surface area (Å²) in [6.45, 7) is -0.186. The first kappa shape index (κ1) is 12.0. The maximum atomic E-state index is 11.7. The summed E-state index contributed by atoms with van der Waals surface area (Å²) in [5.41, 5.74) is 0.329. The molecule has 1 amide bonds. The van der Waals surface area contributed by atoms with Gasteiger partial charge in [-0.25, -0.2) is 0 Å². The van der Waals surface area contributed by atoms with Crippen molar-refractivity contribution in [2.24, 2.45) is 0 Å². The second kappa shape index (κ2) is 5.23. The third kappa shape index (κ3) is 2.28. The molecule has 0 saturated heterocycles. The van der Waals surface area contributed by atoms with Crippen LogP contribution in [-0.2, 0) is 0 Å². The molecule has 0 aliphatic carbocycles. The molecule has 2 rings (SSSR count). The van der Waals surface area contributed by atoms with Crippen molar-refractivity contribution in [2.75, 3.05) is 13.2 Å². The Kier molecular flexibility index (Phi) is 3.49. The van der Waals surface area contributed by atoms with Gasteiger partial charge in [-0.05, 0) is 17.0 Å². The van der Waals surface area contributed by atoms with E-state index in [4.69, 9.17) is 5.11 Å². The number of hydrogen-bond acceptors (Lipinski definition) is 6. The lowest BCUT2D eigenvalue weighted by molar-refractivity contribution is -0.803. The Balaban J connectivity index is 2.36. The molecule has 0 spiro atoms. The van der Waals surface area contributed by atoms with Gasteiger partial charge in [0.05, 0.1) is 12.2 Å². The highest BCUT2D eigenvalue weighted by Crippen LogP contribution is 2.17. The Morgan fingerprint density at radius 3 is 3.11 bits per heavy atom. The lowest BCUT2D eigenvalue weighted by Crippen LogP contribution is -2.38. The monoisotopic (exact) mass is 250 g/mol. The standard InChI is InChI=1S/C10H10N4O4/c15-5-4-12-10(16)9-8(13-18-14(9)17)7-2-1-3-11-6-7/h1-3,6,15H,4-5H2,(H,12,16). The molecule has 8 nitrogen and oxygen atoms in total. The lowest BCUT2D eigenvalue weighted by Gasteiger charge is -2.00. The number of carbonyl (C=O) groups is 1. The van der Waals surface area contributed by atoms with E-state index in [0.29, 0.717) is 5.56 Å². The second-order valence-corrected chi connectivity index (χ2v) is 3.35. The summed E-state index contributed by atoms with van der Waals surface area (Å²) in [5, 5.41) is 25.9. The molecule has 0 fully saturated rings. The third-order valence-electron chi connectivity index (χ3n) is 2.16. The maximum absolute atomic E-state index is 11.7. The quantitative estimate of drug-likeness (QED) is 0.679. The van der Waals surface area contributed by atoms with E-state index < -0.39 is 5.91 Å². The van der Waals surface area contributed by atoms with Crippen LogP contribution in [0.1, 0.15) is 10.5 Å². The summed E-state index contributed by atoms with van der Waals surface area (Å²) in [6, 6.07) is 3.29. The van der Waals surface area contributed by atoms with Crippen LogP contribution in [0.15, 0.2) is 29.2 Å². The number of amides is 1. The maximum Gasteiger partial charge on any atom is 0.300 e. The van der Waals surface area contributed by atoms with Gasteiger partial charge in [0, 0.05) is 24.1 Å². The fourth-order valence-corrected chi connectivity index (χ4v) is 1.38. The fourth-order valence-electron chi connectivity index (χ4n) is 1.38. The number of pyridine rings is 1. The Morgan fingerprint density at radius 2 is 2.44 bits per heavy atom. The number of aliphatic hydroxyl groups is 1. The average molecular weight is 250 g/mol. The molecule has 0 saturated carbocycles. The zero-order valence-corrected chi connectivity index (χ0v) is 9.24. The Labute approximate surface area is 101 Å². The van der Waals surface area contributed by atoms with Crippen molar-refractivity contribution in [1.82, 2.24) is 15.5 Å². The molecule has 0 aromatic carbocycles. The minimum absolute atomic E-state index is 0.0229. The molecule has 2 heterocycles. The Bertz CT molecular complexity index is 540. The van der Waals surface area contributed by atoms with Crippen molar-refractivity contribution in [3.8, 4) is 11.3 Å². The van der Waals surface area contributed by atoms with E-state index in [1.54, 1.807) is 18.3 Å². The smallest absolute Gasteiger partial charge is 0.300 e. The predicted molar refractivity (Wildman–Crippen MR) is 58.1 cm³/mol. The topological polar surface area (TPSA) is 115 Å². The molecule has 0 atom stereocenters. The van der Waals surface area contributed by atoms with Gasteiger partial charge in [0.25, 0.3) is 17.3 Å². The summed E-state index contributed by atoms with van der Waals surface area (Å²) < 4.78 is 4.41. The second-order valence-electron chi connectivity index (χ2n) is 3.35. The Hall–Kier alpha value is -2.48. The molecule has 0 radical (unpaired) electrons. The average Bonchev–Trinajstić information content (AvgIpc) is 2.79. The zero-order chi connectivity index (χ0) is 13.0. The summed E-state index contributed by atoms with van der Waals surface area (Å²) in [7, 11) is 0. The van der Waals surface area contributed by atoms with Gasteiger partial charge in [0.2, 0.25) is 0 Å². The minimum Gasteiger partial charge on any atom is -0.395 e. The lowest BCUT2D eigenvalue weighted by atomic mass is 10.1. The summed E-state index contributed by atoms with van der Waals surface area (Å²) in [4.78, 5) is 15.6. The first-order valence-corrected chi connectivity index (χ1v) is 5.13. The highest BCUT2D eigenvalue weighted by Gasteiger charge is 2.27. The third-order valence-corrected chi connectivity index (χ3v) is 2.16. The van der Waals surface area contributed by atoms with Crippen LogP contribution in [0.3, 0.4) is 0 Å². The summed E-state index contributed by atoms with van der Waals surface area (Å²) >= 11 is 0. The largest absolute Gasteiger partial charge is 0.395 e. The van der Waals surface area contributed by atoms with Crippen LogP contribution < -0.4 is 10.2 Å². The van der Waals surface area contributed by atoms with Crippen LogP contribution in [0.25, 0.3) is 11.3 Å². The first-order chi connectivity index (χ1) is 8.74. The van der Waals surface area contributed by atoms with Crippen LogP contribution in [0.2, 0.25) is 0 Å². The van der Waals surface area contributed by atoms with Crippen LogP contribution >= 0.6 is 0 Å². The zero-order valence-electron chi connectivity index (χ0n) is 9.24. The van der Waals surface area contributed by atoms with E-state index in [-0.39, 0.29) is 29.4 Å². The van der Waals surface area contributed by atoms with Crippen molar-refractivity contribution >= 4 is 5.91 Å². The van der Waals surface area contributed by atoms with Gasteiger partial charge in [-0.2, -0.15) is 0 Å². The van der Waals surface area contributed by atoms with Gasteiger partial charge < -0.3 is 15.6 Å². The van der Waals surface area contributed by atoms with Crippen molar-refractivity contribution in [2.45, 2.75) is 0 Å². The van der Waals surface area contributed by atoms with Gasteiger partial charge in [-0.3, -0.25) is 14.4 Å². The van der Waals surface area contributed by atoms with E-state index in [1.165, 1.54) is 6.20 Å². The molecular formula is C10H10N4O4. The molecule has 2 aromatic heterocycles. The number of nitrogens with one attached hydrogen (secondary N) is 1. The van der Waals surface area contributed by atoms with Gasteiger partial charge in [-0.1, -0.05) is 0 Å². The Morgan fingerprint density at radius 1 is 1.61 bits per heavy atom. The van der Waals surface area contributed by atoms with Gasteiger partial charge in [0.1, 0.15) is 0 Å². The van der Waals surface area contributed by atoms with Crippen LogP contribution in [0.4, 0.5) is 0 Å². The molecule has 2 aromatic rings. The van der Waals surface area contributed by atoms with E-state index >= 15 is 0 Å². The molecule has 0 bridgehead atoms. The van der Waals surface area contributed by atoms with E-state index in [1.807, 2.05) is 0 Å². The number of rotatable bonds is 4. The van der Waals surface area contributed by atoms with Crippen LogP contribution in [0, 0.1) is 5.21 Å². The van der Waals surface area contributed by atoms with E-state index in [0.717, 1.165) is 0 Å². The fraction of sp³-hybridized carbons (Fsp3) is 0.200. The predicted octanol–water partition coefficient (Wildman–Crippen LogP) is -0.908. The van der Waals surface area contributed by atoms with E-state index in [9.17, 15) is 10.0 Å². The van der Waals surface area contributed by atoms with Crippen molar-refractivity contribution < 1.29 is 19.4 Å². The number of aliphatic hydroxyl groups excluding tert-OH is 1. The summed E-state index contributed by atoms with van der Waals surface area (Å²) in [5.74, 6) is -0.667. The molecule has 8 heteroatoms. The normalized spacial score (nSPS) is 10.3. The number of aromatic nitrogens is 3. The highest BCUT2D eigenvalue weighted by molar-refractivity contribution is 5.96. The molecule has 2 N–H and O–H groups in total. The molecular weight excluding hydrogens is 240 g/mol.